The van der Waals surface area contributed by atoms with Crippen molar-refractivity contribution in [3.63, 3.8) is 0 Å². The topological polar surface area (TPSA) is 53.6 Å². The molecular formula is C13H21IN4. The molecule has 0 saturated carbocycles. The molecule has 0 amide bonds. The van der Waals surface area contributed by atoms with Crippen LogP contribution in [0.5, 0.6) is 0 Å². The maximum Gasteiger partial charge on any atom is 0.188 e. The van der Waals surface area contributed by atoms with Gasteiger partial charge in [-0.3, -0.25) is 9.89 Å². The molecular weight excluding hydrogens is 339 g/mol. The molecule has 100 valence electrons. The summed E-state index contributed by atoms with van der Waals surface area (Å²) in [6, 6.07) is 8.68. The van der Waals surface area contributed by atoms with Crippen molar-refractivity contribution >= 4 is 29.9 Å². The van der Waals surface area contributed by atoms with E-state index in [-0.39, 0.29) is 24.0 Å². The molecule has 0 radical (unpaired) electrons. The second-order valence-electron chi connectivity index (χ2n) is 4.33. The largest absolute Gasteiger partial charge is 0.370 e. The molecule has 0 fully saturated rings. The molecule has 0 bridgehead atoms. The normalized spacial score (nSPS) is 15.7. The number of guanidine groups is 1. The number of nitrogens with two attached hydrogens (primary N) is 1. The highest BCUT2D eigenvalue weighted by atomic mass is 127. The summed E-state index contributed by atoms with van der Waals surface area (Å²) in [6.07, 6.45) is 1.15. The summed E-state index contributed by atoms with van der Waals surface area (Å²) in [5.74, 6) is 0.516. The average molecular weight is 360 g/mol. The van der Waals surface area contributed by atoms with E-state index in [0.717, 1.165) is 32.6 Å². The summed E-state index contributed by atoms with van der Waals surface area (Å²) in [4.78, 5) is 6.31. The number of benzene rings is 1. The Morgan fingerprint density at radius 1 is 1.39 bits per heavy atom. The highest BCUT2D eigenvalue weighted by Crippen LogP contribution is 2.17. The standard InChI is InChI=1S/C13H20N4.HI/c1-15-13(14)16-7-9-17-8-6-11-4-2-3-5-12(11)10-17;/h2-5H,6-10H2,1H3,(H3,14,15,16);1H. The highest BCUT2D eigenvalue weighted by Gasteiger charge is 2.14. The summed E-state index contributed by atoms with van der Waals surface area (Å²) >= 11 is 0. The van der Waals surface area contributed by atoms with Crippen LogP contribution in [0.2, 0.25) is 0 Å². The zero-order chi connectivity index (χ0) is 12.1. The molecule has 0 saturated heterocycles. The van der Waals surface area contributed by atoms with Gasteiger partial charge in [-0.15, -0.1) is 24.0 Å². The lowest BCUT2D eigenvalue weighted by Crippen LogP contribution is -2.40. The molecule has 1 aromatic carbocycles. The van der Waals surface area contributed by atoms with Crippen LogP contribution in [-0.4, -0.2) is 37.5 Å². The van der Waals surface area contributed by atoms with Crippen LogP contribution in [0.1, 0.15) is 11.1 Å². The van der Waals surface area contributed by atoms with Crippen molar-refractivity contribution in [3.8, 4) is 0 Å². The van der Waals surface area contributed by atoms with E-state index in [1.165, 1.54) is 11.1 Å². The minimum absolute atomic E-state index is 0. The fourth-order valence-electron chi connectivity index (χ4n) is 2.17. The first kappa shape index (κ1) is 15.2. The van der Waals surface area contributed by atoms with Crippen LogP contribution in [0.25, 0.3) is 0 Å². The number of nitrogens with zero attached hydrogens (tertiary/aromatic N) is 2. The Bertz CT molecular complexity index is 406. The van der Waals surface area contributed by atoms with Gasteiger partial charge in [0.1, 0.15) is 0 Å². The van der Waals surface area contributed by atoms with Gasteiger partial charge < -0.3 is 11.1 Å². The van der Waals surface area contributed by atoms with E-state index in [9.17, 15) is 0 Å². The summed E-state index contributed by atoms with van der Waals surface area (Å²) < 4.78 is 0. The second-order valence-corrected chi connectivity index (χ2v) is 4.33. The van der Waals surface area contributed by atoms with Crippen LogP contribution < -0.4 is 11.1 Å². The van der Waals surface area contributed by atoms with Crippen molar-refractivity contribution in [2.75, 3.05) is 26.7 Å². The van der Waals surface area contributed by atoms with E-state index in [2.05, 4.69) is 39.5 Å². The lowest BCUT2D eigenvalue weighted by molar-refractivity contribution is 0.258. The maximum atomic E-state index is 5.59. The van der Waals surface area contributed by atoms with Crippen LogP contribution in [0, 0.1) is 0 Å². The Hall–Kier alpha value is -0.820. The van der Waals surface area contributed by atoms with Gasteiger partial charge in [0.05, 0.1) is 0 Å². The van der Waals surface area contributed by atoms with E-state index < -0.39 is 0 Å². The molecule has 0 unspecified atom stereocenters. The van der Waals surface area contributed by atoms with E-state index >= 15 is 0 Å². The Kier molecular flexibility index (Phi) is 6.42. The maximum absolute atomic E-state index is 5.59. The fourth-order valence-corrected chi connectivity index (χ4v) is 2.17. The first-order valence-corrected chi connectivity index (χ1v) is 6.05. The molecule has 5 heteroatoms. The van der Waals surface area contributed by atoms with Crippen LogP contribution in [0.4, 0.5) is 0 Å². The predicted molar refractivity (Wildman–Crippen MR) is 86.4 cm³/mol. The summed E-state index contributed by atoms with van der Waals surface area (Å²) in [6.45, 7) is 4.03. The van der Waals surface area contributed by atoms with Crippen LogP contribution in [-0.2, 0) is 13.0 Å². The first-order valence-electron chi connectivity index (χ1n) is 6.05. The summed E-state index contributed by atoms with van der Waals surface area (Å²) in [5.41, 5.74) is 8.53. The van der Waals surface area contributed by atoms with Gasteiger partial charge in [0.25, 0.3) is 0 Å². The molecule has 0 aliphatic carbocycles. The number of aliphatic imine (C=N–C) groups is 1. The lowest BCUT2D eigenvalue weighted by Gasteiger charge is -2.28. The predicted octanol–water partition coefficient (Wildman–Crippen LogP) is 1.20. The minimum Gasteiger partial charge on any atom is -0.370 e. The van der Waals surface area contributed by atoms with Crippen LogP contribution >= 0.6 is 24.0 Å². The summed E-state index contributed by atoms with van der Waals surface area (Å²) in [7, 11) is 1.69. The van der Waals surface area contributed by atoms with Gasteiger partial charge in [0.15, 0.2) is 5.96 Å². The molecule has 0 atom stereocenters. The third-order valence-corrected chi connectivity index (χ3v) is 3.18. The average Bonchev–Trinajstić information content (AvgIpc) is 2.38. The van der Waals surface area contributed by atoms with Crippen molar-refractivity contribution in [2.24, 2.45) is 10.7 Å². The molecule has 1 aliphatic rings. The SMILES string of the molecule is CN=C(N)NCCN1CCc2ccccc2C1.I. The smallest absolute Gasteiger partial charge is 0.188 e. The molecule has 18 heavy (non-hydrogen) atoms. The fraction of sp³-hybridized carbons (Fsp3) is 0.462. The first-order chi connectivity index (χ1) is 8.29. The van der Waals surface area contributed by atoms with Gasteiger partial charge in [0.2, 0.25) is 0 Å². The van der Waals surface area contributed by atoms with E-state index in [4.69, 9.17) is 5.73 Å². The molecule has 3 N–H and O–H groups in total. The van der Waals surface area contributed by atoms with Crippen LogP contribution in [0.15, 0.2) is 29.3 Å². The van der Waals surface area contributed by atoms with Crippen molar-refractivity contribution in [2.45, 2.75) is 13.0 Å². The number of fused-ring (bicyclic) bond motifs is 1. The number of nitrogens with one attached hydrogen (secondary N) is 1. The van der Waals surface area contributed by atoms with Gasteiger partial charge in [-0.25, -0.2) is 0 Å². The van der Waals surface area contributed by atoms with E-state index in [1.54, 1.807) is 7.05 Å². The third-order valence-electron chi connectivity index (χ3n) is 3.18. The monoisotopic (exact) mass is 360 g/mol. The molecule has 1 aromatic rings. The molecule has 4 nitrogen and oxygen atoms in total. The Balaban J connectivity index is 0.00000162. The van der Waals surface area contributed by atoms with Gasteiger partial charge in [-0.05, 0) is 17.5 Å². The Morgan fingerprint density at radius 2 is 2.11 bits per heavy atom. The van der Waals surface area contributed by atoms with Gasteiger partial charge in [-0.2, -0.15) is 0 Å². The Morgan fingerprint density at radius 3 is 2.83 bits per heavy atom. The lowest BCUT2D eigenvalue weighted by atomic mass is 10.00. The van der Waals surface area contributed by atoms with E-state index in [1.807, 2.05) is 0 Å². The third kappa shape index (κ3) is 4.13. The van der Waals surface area contributed by atoms with Crippen molar-refractivity contribution in [1.29, 1.82) is 0 Å². The minimum atomic E-state index is 0. The molecule has 2 rings (SSSR count). The van der Waals surface area contributed by atoms with Crippen molar-refractivity contribution < 1.29 is 0 Å². The van der Waals surface area contributed by atoms with Crippen molar-refractivity contribution in [1.82, 2.24) is 10.2 Å². The van der Waals surface area contributed by atoms with Gasteiger partial charge in [-0.1, -0.05) is 24.3 Å². The molecule has 0 aromatic heterocycles. The number of rotatable bonds is 3. The quantitative estimate of drug-likeness (QED) is 0.484. The zero-order valence-corrected chi connectivity index (χ0v) is 13.1. The molecule has 1 heterocycles. The molecule has 0 spiro atoms. The number of hydrogen-bond donors (Lipinski definition) is 2. The van der Waals surface area contributed by atoms with Gasteiger partial charge >= 0.3 is 0 Å². The second kappa shape index (κ2) is 7.58. The van der Waals surface area contributed by atoms with Gasteiger partial charge in [0, 0.05) is 33.2 Å². The number of halogens is 1. The zero-order valence-electron chi connectivity index (χ0n) is 10.7. The molecule has 1 aliphatic heterocycles. The van der Waals surface area contributed by atoms with Crippen LogP contribution in [0.3, 0.4) is 0 Å². The van der Waals surface area contributed by atoms with Crippen molar-refractivity contribution in [3.05, 3.63) is 35.4 Å². The Labute approximate surface area is 126 Å². The van der Waals surface area contributed by atoms with E-state index in [0.29, 0.717) is 5.96 Å². The highest BCUT2D eigenvalue weighted by molar-refractivity contribution is 14.0. The summed E-state index contributed by atoms with van der Waals surface area (Å²) in [5, 5.41) is 3.09. The number of hydrogen-bond acceptors (Lipinski definition) is 2.